The van der Waals surface area contributed by atoms with Gasteiger partial charge in [-0.05, 0) is 25.3 Å². The summed E-state index contributed by atoms with van der Waals surface area (Å²) in [4.78, 5) is 24.6. The molecule has 1 unspecified atom stereocenters. The van der Waals surface area contributed by atoms with Crippen molar-refractivity contribution in [3.8, 4) is 0 Å². The van der Waals surface area contributed by atoms with E-state index in [-0.39, 0.29) is 12.1 Å². The molecule has 1 aliphatic rings. The van der Waals surface area contributed by atoms with Crippen LogP contribution in [0.4, 0.5) is 4.79 Å². The minimum absolute atomic E-state index is 0.135. The number of likely N-dealkylation sites (tertiary alicyclic amines) is 1. The van der Waals surface area contributed by atoms with Gasteiger partial charge in [-0.25, -0.2) is 9.59 Å². The number of amides is 2. The number of carboxylic acid groups (broad SMARTS) is 1. The molecule has 1 aliphatic heterocycles. The number of carboxylic acids is 1. The second-order valence-electron chi connectivity index (χ2n) is 4.77. The van der Waals surface area contributed by atoms with Gasteiger partial charge in [0.2, 0.25) is 0 Å². The molecule has 2 atom stereocenters. The van der Waals surface area contributed by atoms with E-state index >= 15 is 0 Å². The van der Waals surface area contributed by atoms with Crippen molar-refractivity contribution in [3.05, 3.63) is 35.9 Å². The van der Waals surface area contributed by atoms with Crippen LogP contribution in [0.1, 0.15) is 31.4 Å². The summed E-state index contributed by atoms with van der Waals surface area (Å²) >= 11 is 0. The molecular weight excluding hydrogens is 244 g/mol. The molecule has 0 aliphatic carbocycles. The van der Waals surface area contributed by atoms with Crippen molar-refractivity contribution in [2.24, 2.45) is 0 Å². The van der Waals surface area contributed by atoms with Crippen molar-refractivity contribution in [2.75, 3.05) is 6.54 Å². The highest BCUT2D eigenvalue weighted by atomic mass is 16.4. The normalized spacial score (nSPS) is 20.1. The highest BCUT2D eigenvalue weighted by Gasteiger charge is 2.34. The molecule has 0 aromatic heterocycles. The Morgan fingerprint density at radius 2 is 2.05 bits per heavy atom. The first-order chi connectivity index (χ1) is 9.09. The monoisotopic (exact) mass is 262 g/mol. The molecule has 0 spiro atoms. The fourth-order valence-corrected chi connectivity index (χ4v) is 2.36. The highest BCUT2D eigenvalue weighted by Crippen LogP contribution is 2.19. The third kappa shape index (κ3) is 3.05. The summed E-state index contributed by atoms with van der Waals surface area (Å²) in [6, 6.07) is 8.47. The third-order valence-electron chi connectivity index (χ3n) is 3.44. The van der Waals surface area contributed by atoms with E-state index in [0.29, 0.717) is 13.0 Å². The Balaban J connectivity index is 1.99. The zero-order valence-corrected chi connectivity index (χ0v) is 10.9. The molecule has 1 fully saturated rings. The van der Waals surface area contributed by atoms with Crippen LogP contribution in [0, 0.1) is 0 Å². The average Bonchev–Trinajstić information content (AvgIpc) is 2.89. The molecule has 0 radical (unpaired) electrons. The van der Waals surface area contributed by atoms with Gasteiger partial charge in [0.05, 0.1) is 6.04 Å². The number of nitrogens with one attached hydrogen (secondary N) is 1. The van der Waals surface area contributed by atoms with Crippen molar-refractivity contribution in [2.45, 2.75) is 31.8 Å². The number of carbonyl (C=O) groups is 2. The molecule has 1 heterocycles. The van der Waals surface area contributed by atoms with Crippen molar-refractivity contribution >= 4 is 12.0 Å². The van der Waals surface area contributed by atoms with Crippen molar-refractivity contribution < 1.29 is 14.7 Å². The van der Waals surface area contributed by atoms with Crippen LogP contribution in [-0.4, -0.2) is 34.6 Å². The number of hydrogen-bond acceptors (Lipinski definition) is 2. The van der Waals surface area contributed by atoms with E-state index in [1.165, 1.54) is 4.90 Å². The van der Waals surface area contributed by atoms with Crippen LogP contribution in [0.15, 0.2) is 30.3 Å². The molecule has 19 heavy (non-hydrogen) atoms. The molecule has 0 bridgehead atoms. The maximum Gasteiger partial charge on any atom is 0.326 e. The van der Waals surface area contributed by atoms with E-state index < -0.39 is 12.0 Å². The predicted molar refractivity (Wildman–Crippen MR) is 70.8 cm³/mol. The smallest absolute Gasteiger partial charge is 0.326 e. The molecule has 2 N–H and O–H groups in total. The number of carbonyl (C=O) groups excluding carboxylic acids is 1. The zero-order valence-electron chi connectivity index (χ0n) is 10.9. The summed E-state index contributed by atoms with van der Waals surface area (Å²) in [5.41, 5.74) is 1.00. The van der Waals surface area contributed by atoms with Gasteiger partial charge in [-0.3, -0.25) is 0 Å². The first-order valence-electron chi connectivity index (χ1n) is 6.44. The van der Waals surface area contributed by atoms with Crippen LogP contribution in [0.25, 0.3) is 0 Å². The number of urea groups is 1. The summed E-state index contributed by atoms with van der Waals surface area (Å²) in [6.07, 6.45) is 1.27. The van der Waals surface area contributed by atoms with E-state index in [0.717, 1.165) is 12.0 Å². The summed E-state index contributed by atoms with van der Waals surface area (Å²) in [7, 11) is 0. The summed E-state index contributed by atoms with van der Waals surface area (Å²) in [6.45, 7) is 2.39. The number of nitrogens with zero attached hydrogens (tertiary/aromatic N) is 1. The second-order valence-corrected chi connectivity index (χ2v) is 4.77. The molecule has 5 heteroatoms. The van der Waals surface area contributed by atoms with E-state index in [1.54, 1.807) is 0 Å². The van der Waals surface area contributed by atoms with Crippen LogP contribution in [0.5, 0.6) is 0 Å². The van der Waals surface area contributed by atoms with Gasteiger partial charge in [-0.15, -0.1) is 0 Å². The molecule has 2 amide bonds. The van der Waals surface area contributed by atoms with Crippen molar-refractivity contribution in [3.63, 3.8) is 0 Å². The van der Waals surface area contributed by atoms with E-state index in [1.807, 2.05) is 37.3 Å². The first-order valence-corrected chi connectivity index (χ1v) is 6.44. The molecule has 102 valence electrons. The van der Waals surface area contributed by atoms with Crippen LogP contribution < -0.4 is 5.32 Å². The van der Waals surface area contributed by atoms with Gasteiger partial charge >= 0.3 is 12.0 Å². The number of hydrogen-bond donors (Lipinski definition) is 2. The van der Waals surface area contributed by atoms with Gasteiger partial charge in [-0.1, -0.05) is 30.3 Å². The molecule has 0 saturated carbocycles. The Kier molecular flexibility index (Phi) is 4.04. The van der Waals surface area contributed by atoms with E-state index in [2.05, 4.69) is 5.32 Å². The molecule has 1 saturated heterocycles. The van der Waals surface area contributed by atoms with Crippen LogP contribution in [0.2, 0.25) is 0 Å². The van der Waals surface area contributed by atoms with E-state index in [4.69, 9.17) is 5.11 Å². The standard InChI is InChI=1S/C14H18N2O3/c1-10(11-6-3-2-4-7-11)15-14(19)16-9-5-8-12(16)13(17)18/h2-4,6-7,10,12H,5,8-9H2,1H3,(H,15,19)(H,17,18)/t10?,12-/m0/s1. The van der Waals surface area contributed by atoms with Gasteiger partial charge < -0.3 is 15.3 Å². The lowest BCUT2D eigenvalue weighted by Crippen LogP contribution is -2.46. The third-order valence-corrected chi connectivity index (χ3v) is 3.44. The van der Waals surface area contributed by atoms with Gasteiger partial charge in [-0.2, -0.15) is 0 Å². The Bertz CT molecular complexity index is 461. The number of benzene rings is 1. The SMILES string of the molecule is CC(NC(=O)N1CCC[C@H]1C(=O)O)c1ccccc1. The van der Waals surface area contributed by atoms with Crippen molar-refractivity contribution in [1.29, 1.82) is 0 Å². The fraction of sp³-hybridized carbons (Fsp3) is 0.429. The fourth-order valence-electron chi connectivity index (χ4n) is 2.36. The van der Waals surface area contributed by atoms with Gasteiger partial charge in [0.25, 0.3) is 0 Å². The van der Waals surface area contributed by atoms with Crippen LogP contribution >= 0.6 is 0 Å². The molecule has 2 rings (SSSR count). The molecule has 1 aromatic rings. The second kappa shape index (κ2) is 5.73. The maximum atomic E-state index is 12.1. The zero-order chi connectivity index (χ0) is 13.8. The summed E-state index contributed by atoms with van der Waals surface area (Å²) in [5, 5.41) is 11.9. The topological polar surface area (TPSA) is 69.6 Å². The molecule has 5 nitrogen and oxygen atoms in total. The molecular formula is C14H18N2O3. The van der Waals surface area contributed by atoms with Crippen LogP contribution in [-0.2, 0) is 4.79 Å². The number of aliphatic carboxylic acids is 1. The highest BCUT2D eigenvalue weighted by molar-refractivity contribution is 5.83. The first kappa shape index (κ1) is 13.4. The summed E-state index contributed by atoms with van der Waals surface area (Å²) < 4.78 is 0. The lowest BCUT2D eigenvalue weighted by atomic mass is 10.1. The van der Waals surface area contributed by atoms with Crippen molar-refractivity contribution in [1.82, 2.24) is 10.2 Å². The predicted octanol–water partition coefficient (Wildman–Crippen LogP) is 2.01. The Hall–Kier alpha value is -2.04. The Labute approximate surface area is 112 Å². The maximum absolute atomic E-state index is 12.1. The van der Waals surface area contributed by atoms with Gasteiger partial charge in [0.1, 0.15) is 6.04 Å². The lowest BCUT2D eigenvalue weighted by molar-refractivity contribution is -0.141. The quantitative estimate of drug-likeness (QED) is 0.875. The Morgan fingerprint density at radius 3 is 2.68 bits per heavy atom. The molecule has 1 aromatic carbocycles. The lowest BCUT2D eigenvalue weighted by Gasteiger charge is -2.24. The largest absolute Gasteiger partial charge is 0.480 e. The van der Waals surface area contributed by atoms with E-state index in [9.17, 15) is 9.59 Å². The minimum Gasteiger partial charge on any atom is -0.480 e. The van der Waals surface area contributed by atoms with Crippen LogP contribution in [0.3, 0.4) is 0 Å². The Morgan fingerprint density at radius 1 is 1.37 bits per heavy atom. The summed E-state index contributed by atoms with van der Waals surface area (Å²) in [5.74, 6) is -0.931. The average molecular weight is 262 g/mol. The number of rotatable bonds is 3. The minimum atomic E-state index is -0.931. The van der Waals surface area contributed by atoms with Gasteiger partial charge in [0, 0.05) is 6.54 Å². The van der Waals surface area contributed by atoms with Gasteiger partial charge in [0.15, 0.2) is 0 Å².